The van der Waals surface area contributed by atoms with E-state index in [2.05, 4.69) is 5.32 Å². The fourth-order valence-electron chi connectivity index (χ4n) is 2.64. The lowest BCUT2D eigenvalue weighted by Crippen LogP contribution is -2.34. The lowest BCUT2D eigenvalue weighted by atomic mass is 10.2. The third-order valence-electron chi connectivity index (χ3n) is 3.56. The maximum atomic E-state index is 13.8. The molecule has 9 heteroatoms. The van der Waals surface area contributed by atoms with Gasteiger partial charge in [-0.05, 0) is 19.3 Å². The lowest BCUT2D eigenvalue weighted by molar-refractivity contribution is -0.384. The summed E-state index contributed by atoms with van der Waals surface area (Å²) >= 11 is 0. The van der Waals surface area contributed by atoms with E-state index in [1.165, 1.54) is 0 Å². The molecule has 0 heterocycles. The Balaban J connectivity index is 2.38. The smallest absolute Gasteiger partial charge is 0.298 e. The average molecular weight is 320 g/mol. The molecule has 21 heavy (non-hydrogen) atoms. The van der Waals surface area contributed by atoms with Gasteiger partial charge in [0.05, 0.1) is 16.2 Å². The summed E-state index contributed by atoms with van der Waals surface area (Å²) in [6.07, 6.45) is 2.55. The Hall–Kier alpha value is -1.77. The van der Waals surface area contributed by atoms with Crippen molar-refractivity contribution in [2.24, 2.45) is 0 Å². The van der Waals surface area contributed by atoms with E-state index in [4.69, 9.17) is 0 Å². The van der Waals surface area contributed by atoms with Gasteiger partial charge in [-0.2, -0.15) is 0 Å². The van der Waals surface area contributed by atoms with Crippen LogP contribution < -0.4 is 5.32 Å². The summed E-state index contributed by atoms with van der Waals surface area (Å²) in [6, 6.07) is 0.508. The van der Waals surface area contributed by atoms with Crippen molar-refractivity contribution in [2.45, 2.75) is 30.6 Å². The maximum Gasteiger partial charge on any atom is 0.298 e. The minimum atomic E-state index is -3.35. The van der Waals surface area contributed by atoms with Crippen molar-refractivity contribution in [3.63, 3.8) is 0 Å². The first-order valence-corrected chi connectivity index (χ1v) is 8.24. The van der Waals surface area contributed by atoms with Crippen molar-refractivity contribution in [1.82, 2.24) is 0 Å². The quantitative estimate of drug-likeness (QED) is 0.679. The van der Waals surface area contributed by atoms with Gasteiger partial charge in [-0.15, -0.1) is 0 Å². The third-order valence-corrected chi connectivity index (χ3v) is 5.23. The number of rotatable bonds is 4. The lowest BCUT2D eigenvalue weighted by Gasteiger charge is -2.20. The number of hydrogen-bond donors (Lipinski definition) is 1. The van der Waals surface area contributed by atoms with Crippen LogP contribution in [0, 0.1) is 21.7 Å². The first-order chi connectivity index (χ1) is 9.70. The molecule has 1 fully saturated rings. The van der Waals surface area contributed by atoms with Gasteiger partial charge in [-0.25, -0.2) is 17.2 Å². The molecule has 0 radical (unpaired) electrons. The van der Waals surface area contributed by atoms with Gasteiger partial charge < -0.3 is 5.32 Å². The Bertz CT molecular complexity index is 678. The molecule has 1 aromatic rings. The summed E-state index contributed by atoms with van der Waals surface area (Å²) in [5, 5.41) is 12.7. The molecule has 1 N–H and O–H groups in total. The highest BCUT2D eigenvalue weighted by Crippen LogP contribution is 2.34. The van der Waals surface area contributed by atoms with Crippen molar-refractivity contribution in [2.75, 3.05) is 11.6 Å². The Kier molecular flexibility index (Phi) is 4.13. The molecule has 1 saturated carbocycles. The predicted molar refractivity (Wildman–Crippen MR) is 72.9 cm³/mol. The highest BCUT2D eigenvalue weighted by Gasteiger charge is 2.36. The molecular formula is C12H14F2N2O4S. The molecule has 1 aromatic carbocycles. The molecule has 0 amide bonds. The van der Waals surface area contributed by atoms with Crippen LogP contribution in [0.4, 0.5) is 20.2 Å². The SMILES string of the molecule is CS(=O)(=O)C1CCCC1Nc1c(F)cc(F)cc1[N+](=O)[O-]. The molecule has 0 saturated heterocycles. The van der Waals surface area contributed by atoms with E-state index in [0.29, 0.717) is 31.4 Å². The number of nitro benzene ring substituents is 1. The second-order valence-electron chi connectivity index (χ2n) is 5.09. The number of anilines is 1. The summed E-state index contributed by atoms with van der Waals surface area (Å²) in [5.41, 5.74) is -1.21. The Labute approximate surface area is 120 Å². The fourth-order valence-corrected chi connectivity index (χ4v) is 4.03. The van der Waals surface area contributed by atoms with E-state index in [1.807, 2.05) is 0 Å². The number of hydrogen-bond acceptors (Lipinski definition) is 5. The molecule has 6 nitrogen and oxygen atoms in total. The standard InChI is InChI=1S/C12H14F2N2O4S/c1-21(19,20)11-4-2-3-9(11)15-12-8(14)5-7(13)6-10(12)16(17)18/h5-6,9,11,15H,2-4H2,1H3. The van der Waals surface area contributed by atoms with Crippen LogP contribution in [0.25, 0.3) is 0 Å². The fraction of sp³-hybridized carbons (Fsp3) is 0.500. The van der Waals surface area contributed by atoms with Crippen molar-refractivity contribution in [1.29, 1.82) is 0 Å². The summed E-state index contributed by atoms with van der Waals surface area (Å²) < 4.78 is 50.2. The Morgan fingerprint density at radius 1 is 1.33 bits per heavy atom. The average Bonchev–Trinajstić information content (AvgIpc) is 2.79. The van der Waals surface area contributed by atoms with Gasteiger partial charge in [0.2, 0.25) is 0 Å². The van der Waals surface area contributed by atoms with Crippen LogP contribution in [0.15, 0.2) is 12.1 Å². The molecule has 0 aromatic heterocycles. The van der Waals surface area contributed by atoms with E-state index >= 15 is 0 Å². The monoisotopic (exact) mass is 320 g/mol. The first-order valence-electron chi connectivity index (χ1n) is 6.29. The van der Waals surface area contributed by atoms with Crippen LogP contribution in [-0.2, 0) is 9.84 Å². The zero-order valence-corrected chi connectivity index (χ0v) is 12.0. The third kappa shape index (κ3) is 3.29. The van der Waals surface area contributed by atoms with Crippen LogP contribution in [0.1, 0.15) is 19.3 Å². The van der Waals surface area contributed by atoms with Gasteiger partial charge in [-0.3, -0.25) is 10.1 Å². The summed E-state index contributed by atoms with van der Waals surface area (Å²) in [4.78, 5) is 9.99. The highest BCUT2D eigenvalue weighted by molar-refractivity contribution is 7.91. The molecule has 1 aliphatic carbocycles. The molecule has 0 spiro atoms. The molecule has 0 aliphatic heterocycles. The summed E-state index contributed by atoms with van der Waals surface area (Å²) in [7, 11) is -3.35. The molecule has 2 rings (SSSR count). The first kappa shape index (κ1) is 15.6. The normalized spacial score (nSPS) is 22.2. The number of nitrogens with zero attached hydrogens (tertiary/aromatic N) is 1. The van der Waals surface area contributed by atoms with Gasteiger partial charge in [-0.1, -0.05) is 0 Å². The van der Waals surface area contributed by atoms with Crippen LogP contribution >= 0.6 is 0 Å². The number of nitrogens with one attached hydrogen (secondary N) is 1. The van der Waals surface area contributed by atoms with Gasteiger partial charge in [0.1, 0.15) is 11.5 Å². The minimum absolute atomic E-state index is 0.410. The van der Waals surface area contributed by atoms with Crippen molar-refractivity contribution in [3.8, 4) is 0 Å². The van der Waals surface area contributed by atoms with Crippen molar-refractivity contribution >= 4 is 21.2 Å². The number of benzene rings is 1. The number of sulfone groups is 1. The molecule has 2 atom stereocenters. The van der Waals surface area contributed by atoms with Gasteiger partial charge >= 0.3 is 0 Å². The van der Waals surface area contributed by atoms with Crippen LogP contribution in [-0.4, -0.2) is 30.9 Å². The van der Waals surface area contributed by atoms with E-state index in [9.17, 15) is 27.3 Å². The highest BCUT2D eigenvalue weighted by atomic mass is 32.2. The Morgan fingerprint density at radius 3 is 2.57 bits per heavy atom. The molecule has 116 valence electrons. The van der Waals surface area contributed by atoms with Crippen LogP contribution in [0.5, 0.6) is 0 Å². The van der Waals surface area contributed by atoms with Crippen LogP contribution in [0.3, 0.4) is 0 Å². The molecular weight excluding hydrogens is 306 g/mol. The molecule has 0 bridgehead atoms. The largest absolute Gasteiger partial charge is 0.373 e. The van der Waals surface area contributed by atoms with E-state index < -0.39 is 49.1 Å². The summed E-state index contributed by atoms with van der Waals surface area (Å²) in [5.74, 6) is -2.17. The maximum absolute atomic E-state index is 13.8. The number of halogens is 2. The van der Waals surface area contributed by atoms with E-state index in [-0.39, 0.29) is 0 Å². The van der Waals surface area contributed by atoms with E-state index in [1.54, 1.807) is 0 Å². The zero-order valence-electron chi connectivity index (χ0n) is 11.2. The topological polar surface area (TPSA) is 89.3 Å². The van der Waals surface area contributed by atoms with Crippen LogP contribution in [0.2, 0.25) is 0 Å². The van der Waals surface area contributed by atoms with E-state index in [0.717, 1.165) is 6.26 Å². The summed E-state index contributed by atoms with van der Waals surface area (Å²) in [6.45, 7) is 0. The molecule has 1 aliphatic rings. The predicted octanol–water partition coefficient (Wildman–Crippen LogP) is 2.25. The van der Waals surface area contributed by atoms with Crippen molar-refractivity contribution in [3.05, 3.63) is 33.9 Å². The Morgan fingerprint density at radius 2 is 2.00 bits per heavy atom. The zero-order chi connectivity index (χ0) is 15.8. The van der Waals surface area contributed by atoms with Crippen molar-refractivity contribution < 1.29 is 22.1 Å². The minimum Gasteiger partial charge on any atom is -0.373 e. The number of nitro groups is 1. The second kappa shape index (κ2) is 5.55. The molecule has 2 unspecified atom stereocenters. The van der Waals surface area contributed by atoms with Gasteiger partial charge in [0, 0.05) is 18.4 Å². The van der Waals surface area contributed by atoms with Gasteiger partial charge in [0.15, 0.2) is 15.7 Å². The van der Waals surface area contributed by atoms with Gasteiger partial charge in [0.25, 0.3) is 5.69 Å². The second-order valence-corrected chi connectivity index (χ2v) is 7.35.